The second kappa shape index (κ2) is 2.93. The Balaban J connectivity index is 2.55. The number of carbonyl (C=O) groups is 2. The molecule has 0 amide bonds. The van der Waals surface area contributed by atoms with Crippen LogP contribution in [0.5, 0.6) is 0 Å². The number of ketones is 1. The van der Waals surface area contributed by atoms with Gasteiger partial charge in [0.15, 0.2) is 11.4 Å². The van der Waals surface area contributed by atoms with Gasteiger partial charge in [-0.1, -0.05) is 34.6 Å². The zero-order valence-electron chi connectivity index (χ0n) is 11.6. The third kappa shape index (κ3) is 1.18. The molecule has 0 N–H and O–H groups in total. The van der Waals surface area contributed by atoms with Gasteiger partial charge in [0.25, 0.3) is 0 Å². The van der Waals surface area contributed by atoms with Crippen LogP contribution in [-0.4, -0.2) is 17.4 Å². The SMILES string of the molecule is CC(C)(C)C(=O)C12CCC(C)(C(=O)O1)C2(C)C. The van der Waals surface area contributed by atoms with Crippen LogP contribution < -0.4 is 0 Å². The molecule has 1 saturated heterocycles. The van der Waals surface area contributed by atoms with Crippen LogP contribution in [0.4, 0.5) is 0 Å². The van der Waals surface area contributed by atoms with Crippen molar-refractivity contribution in [3.63, 3.8) is 0 Å². The van der Waals surface area contributed by atoms with Crippen molar-refractivity contribution in [3.8, 4) is 0 Å². The first-order valence-electron chi connectivity index (χ1n) is 6.27. The molecule has 0 aromatic heterocycles. The lowest BCUT2D eigenvalue weighted by molar-refractivity contribution is -0.170. The number of esters is 1. The maximum Gasteiger partial charge on any atom is 0.313 e. The molecule has 2 fully saturated rings. The molecule has 1 aliphatic carbocycles. The van der Waals surface area contributed by atoms with E-state index in [2.05, 4.69) is 0 Å². The molecule has 2 unspecified atom stereocenters. The van der Waals surface area contributed by atoms with Crippen LogP contribution in [0.3, 0.4) is 0 Å². The normalized spacial score (nSPS) is 39.3. The van der Waals surface area contributed by atoms with Crippen molar-refractivity contribution in [1.29, 1.82) is 0 Å². The Morgan fingerprint density at radius 2 is 1.71 bits per heavy atom. The molecule has 3 nitrogen and oxygen atoms in total. The molecule has 1 aliphatic heterocycles. The van der Waals surface area contributed by atoms with Crippen LogP contribution in [0, 0.1) is 16.2 Å². The highest BCUT2D eigenvalue weighted by Gasteiger charge is 2.76. The molecule has 1 saturated carbocycles. The molecule has 2 rings (SSSR count). The van der Waals surface area contributed by atoms with E-state index in [1.54, 1.807) is 0 Å². The second-order valence-corrected chi connectivity index (χ2v) is 7.25. The molecule has 2 bridgehead atoms. The maximum atomic E-state index is 12.7. The summed E-state index contributed by atoms with van der Waals surface area (Å²) in [5.74, 6) is -0.143. The summed E-state index contributed by atoms with van der Waals surface area (Å²) in [5, 5.41) is 0. The quantitative estimate of drug-likeness (QED) is 0.660. The van der Waals surface area contributed by atoms with Gasteiger partial charge >= 0.3 is 5.97 Å². The number of fused-ring (bicyclic) bond motifs is 2. The van der Waals surface area contributed by atoms with Crippen molar-refractivity contribution in [2.24, 2.45) is 16.2 Å². The van der Waals surface area contributed by atoms with Crippen molar-refractivity contribution in [3.05, 3.63) is 0 Å². The average Bonchev–Trinajstić information content (AvgIpc) is 2.45. The van der Waals surface area contributed by atoms with Gasteiger partial charge in [0.05, 0.1) is 5.41 Å². The van der Waals surface area contributed by atoms with Crippen LogP contribution in [0.1, 0.15) is 54.4 Å². The first-order chi connectivity index (χ1) is 7.49. The first-order valence-corrected chi connectivity index (χ1v) is 6.27. The zero-order valence-corrected chi connectivity index (χ0v) is 11.6. The second-order valence-electron chi connectivity index (χ2n) is 7.25. The van der Waals surface area contributed by atoms with E-state index in [4.69, 9.17) is 4.74 Å². The Labute approximate surface area is 103 Å². The summed E-state index contributed by atoms with van der Waals surface area (Å²) < 4.78 is 5.57. The van der Waals surface area contributed by atoms with Crippen LogP contribution in [0.25, 0.3) is 0 Å². The number of Topliss-reactive ketones (excluding diaryl/α,β-unsaturated/α-hetero) is 1. The summed E-state index contributed by atoms with van der Waals surface area (Å²) in [4.78, 5) is 24.7. The van der Waals surface area contributed by atoms with Gasteiger partial charge in [-0.15, -0.1) is 0 Å². The lowest BCUT2D eigenvalue weighted by atomic mass is 9.62. The van der Waals surface area contributed by atoms with Crippen LogP contribution in [-0.2, 0) is 14.3 Å². The standard InChI is InChI=1S/C14H22O3/c1-11(2,3)9(15)14-8-7-13(6,10(16)17-14)12(14,4)5/h7-8H2,1-6H3. The zero-order chi connectivity index (χ0) is 13.3. The molecule has 0 aromatic rings. The molecule has 17 heavy (non-hydrogen) atoms. The molecule has 1 heterocycles. The van der Waals surface area contributed by atoms with Crippen LogP contribution in [0.2, 0.25) is 0 Å². The molecule has 96 valence electrons. The van der Waals surface area contributed by atoms with Gasteiger partial charge in [0.2, 0.25) is 0 Å². The highest BCUT2D eigenvalue weighted by atomic mass is 16.6. The molecule has 3 heteroatoms. The molecule has 0 radical (unpaired) electrons. The predicted octanol–water partition coefficient (Wildman–Crippen LogP) is 2.72. The Morgan fingerprint density at radius 3 is 2.00 bits per heavy atom. The molecule has 0 aromatic carbocycles. The van der Waals surface area contributed by atoms with E-state index in [0.29, 0.717) is 6.42 Å². The third-order valence-electron chi connectivity index (χ3n) is 5.13. The summed E-state index contributed by atoms with van der Waals surface area (Å²) in [6.45, 7) is 11.6. The Morgan fingerprint density at radius 1 is 1.18 bits per heavy atom. The van der Waals surface area contributed by atoms with Gasteiger partial charge in [0.1, 0.15) is 0 Å². The minimum absolute atomic E-state index is 0.0598. The minimum Gasteiger partial charge on any atom is -0.450 e. The third-order valence-corrected chi connectivity index (χ3v) is 5.13. The number of hydrogen-bond donors (Lipinski definition) is 0. The van der Waals surface area contributed by atoms with E-state index < -0.39 is 21.8 Å². The van der Waals surface area contributed by atoms with Crippen LogP contribution >= 0.6 is 0 Å². The van der Waals surface area contributed by atoms with E-state index in [1.807, 2.05) is 41.5 Å². The van der Waals surface area contributed by atoms with Gasteiger partial charge in [-0.05, 0) is 19.8 Å². The average molecular weight is 238 g/mol. The van der Waals surface area contributed by atoms with E-state index in [9.17, 15) is 9.59 Å². The van der Waals surface area contributed by atoms with E-state index in [1.165, 1.54) is 0 Å². The summed E-state index contributed by atoms with van der Waals surface area (Å²) >= 11 is 0. The van der Waals surface area contributed by atoms with Gasteiger partial charge < -0.3 is 4.74 Å². The fourth-order valence-electron chi connectivity index (χ4n) is 3.35. The number of rotatable bonds is 1. The highest BCUT2D eigenvalue weighted by Crippen LogP contribution is 2.66. The molecular formula is C14H22O3. The van der Waals surface area contributed by atoms with E-state index >= 15 is 0 Å². The predicted molar refractivity (Wildman–Crippen MR) is 64.4 cm³/mol. The van der Waals surface area contributed by atoms with Gasteiger partial charge in [-0.2, -0.15) is 0 Å². The smallest absolute Gasteiger partial charge is 0.313 e. The maximum absolute atomic E-state index is 12.7. The van der Waals surface area contributed by atoms with Crippen molar-refractivity contribution >= 4 is 11.8 Å². The van der Waals surface area contributed by atoms with Gasteiger partial charge in [-0.3, -0.25) is 9.59 Å². The molecule has 2 aliphatic rings. The molecule has 0 spiro atoms. The lowest BCUT2D eigenvalue weighted by Crippen LogP contribution is -2.52. The molecule has 2 atom stereocenters. The summed E-state index contributed by atoms with van der Waals surface area (Å²) in [5.41, 5.74) is -2.31. The minimum atomic E-state index is -0.906. The van der Waals surface area contributed by atoms with Crippen LogP contribution in [0.15, 0.2) is 0 Å². The van der Waals surface area contributed by atoms with Crippen molar-refractivity contribution < 1.29 is 14.3 Å². The highest BCUT2D eigenvalue weighted by molar-refractivity contribution is 5.99. The van der Waals surface area contributed by atoms with E-state index in [-0.39, 0.29) is 11.8 Å². The summed E-state index contributed by atoms with van der Waals surface area (Å²) in [6.07, 6.45) is 1.42. The van der Waals surface area contributed by atoms with Crippen molar-refractivity contribution in [1.82, 2.24) is 0 Å². The Hall–Kier alpha value is -0.860. The first kappa shape index (κ1) is 12.6. The topological polar surface area (TPSA) is 43.4 Å². The summed E-state index contributed by atoms with van der Waals surface area (Å²) in [6, 6.07) is 0. The Bertz CT molecular complexity index is 402. The number of ether oxygens (including phenoxy) is 1. The summed E-state index contributed by atoms with van der Waals surface area (Å²) in [7, 11) is 0. The van der Waals surface area contributed by atoms with Gasteiger partial charge in [-0.25, -0.2) is 0 Å². The fourth-order valence-corrected chi connectivity index (χ4v) is 3.35. The number of hydrogen-bond acceptors (Lipinski definition) is 3. The van der Waals surface area contributed by atoms with E-state index in [0.717, 1.165) is 6.42 Å². The Kier molecular flexibility index (Phi) is 2.17. The largest absolute Gasteiger partial charge is 0.450 e. The number of carbonyl (C=O) groups excluding carboxylic acids is 2. The van der Waals surface area contributed by atoms with Crippen molar-refractivity contribution in [2.75, 3.05) is 0 Å². The monoisotopic (exact) mass is 238 g/mol. The fraction of sp³-hybridized carbons (Fsp3) is 0.857. The van der Waals surface area contributed by atoms with Gasteiger partial charge in [0, 0.05) is 10.8 Å². The lowest BCUT2D eigenvalue weighted by Gasteiger charge is -2.39. The van der Waals surface area contributed by atoms with Crippen molar-refractivity contribution in [2.45, 2.75) is 60.0 Å². The molecular weight excluding hydrogens is 216 g/mol.